The summed E-state index contributed by atoms with van der Waals surface area (Å²) in [5, 5.41) is 0. The predicted octanol–water partition coefficient (Wildman–Crippen LogP) is 1.11. The second kappa shape index (κ2) is 3.56. The summed E-state index contributed by atoms with van der Waals surface area (Å²) in [5.74, 6) is 0.553. The van der Waals surface area contributed by atoms with Crippen LogP contribution < -0.4 is 4.90 Å². The van der Waals surface area contributed by atoms with Crippen molar-refractivity contribution in [1.82, 2.24) is 4.98 Å². The third kappa shape index (κ3) is 1.69. The normalized spacial score (nSPS) is 16.8. The van der Waals surface area contributed by atoms with Gasteiger partial charge in [-0.15, -0.1) is 0 Å². The van der Waals surface area contributed by atoms with E-state index >= 15 is 0 Å². The lowest BCUT2D eigenvalue weighted by Crippen LogP contribution is -2.46. The SMILES string of the molecule is O=CCC1CN(c2cccnc2)C1. The number of aldehydes is 1. The molecule has 0 unspecified atom stereocenters. The molecule has 0 amide bonds. The molecular formula is C10H12N2O. The van der Waals surface area contributed by atoms with Gasteiger partial charge in [0.05, 0.1) is 11.9 Å². The number of carbonyl (C=O) groups is 1. The molecule has 1 saturated heterocycles. The van der Waals surface area contributed by atoms with Gasteiger partial charge in [0.25, 0.3) is 0 Å². The highest BCUT2D eigenvalue weighted by Gasteiger charge is 2.25. The summed E-state index contributed by atoms with van der Waals surface area (Å²) in [4.78, 5) is 16.5. The minimum atomic E-state index is 0.553. The van der Waals surface area contributed by atoms with Gasteiger partial charge in [-0.05, 0) is 12.1 Å². The Hall–Kier alpha value is -1.38. The van der Waals surface area contributed by atoms with Crippen LogP contribution in [0.15, 0.2) is 24.5 Å². The minimum absolute atomic E-state index is 0.553. The van der Waals surface area contributed by atoms with Crippen molar-refractivity contribution in [2.75, 3.05) is 18.0 Å². The van der Waals surface area contributed by atoms with Crippen molar-refractivity contribution < 1.29 is 4.79 Å². The number of pyridine rings is 1. The van der Waals surface area contributed by atoms with Crippen LogP contribution >= 0.6 is 0 Å². The van der Waals surface area contributed by atoms with Gasteiger partial charge in [-0.3, -0.25) is 4.98 Å². The molecule has 1 aromatic heterocycles. The third-order valence-electron chi connectivity index (χ3n) is 2.40. The molecule has 2 rings (SSSR count). The number of aromatic nitrogens is 1. The van der Waals surface area contributed by atoms with Crippen LogP contribution in [0.25, 0.3) is 0 Å². The Balaban J connectivity index is 1.90. The van der Waals surface area contributed by atoms with Crippen LogP contribution in [-0.4, -0.2) is 24.4 Å². The highest BCUT2D eigenvalue weighted by Crippen LogP contribution is 2.24. The summed E-state index contributed by atoms with van der Waals surface area (Å²) in [6.45, 7) is 1.98. The highest BCUT2D eigenvalue weighted by atomic mass is 16.1. The first-order valence-corrected chi connectivity index (χ1v) is 4.49. The van der Waals surface area contributed by atoms with Crippen LogP contribution in [0.5, 0.6) is 0 Å². The molecule has 1 aromatic rings. The smallest absolute Gasteiger partial charge is 0.120 e. The van der Waals surface area contributed by atoms with E-state index in [9.17, 15) is 4.79 Å². The van der Waals surface area contributed by atoms with Crippen molar-refractivity contribution >= 4 is 12.0 Å². The van der Waals surface area contributed by atoms with Crippen molar-refractivity contribution in [3.05, 3.63) is 24.5 Å². The molecule has 2 heterocycles. The van der Waals surface area contributed by atoms with Crippen molar-refractivity contribution in [2.24, 2.45) is 5.92 Å². The fourth-order valence-corrected chi connectivity index (χ4v) is 1.61. The van der Waals surface area contributed by atoms with Crippen LogP contribution in [0.1, 0.15) is 6.42 Å². The van der Waals surface area contributed by atoms with Gasteiger partial charge >= 0.3 is 0 Å². The van der Waals surface area contributed by atoms with E-state index in [1.54, 1.807) is 6.20 Å². The average Bonchev–Trinajstić information content (AvgIpc) is 2.12. The number of anilines is 1. The lowest BCUT2D eigenvalue weighted by atomic mass is 9.97. The van der Waals surface area contributed by atoms with E-state index in [2.05, 4.69) is 9.88 Å². The Morgan fingerprint density at radius 3 is 3.08 bits per heavy atom. The summed E-state index contributed by atoms with van der Waals surface area (Å²) in [6, 6.07) is 3.98. The van der Waals surface area contributed by atoms with Crippen LogP contribution in [0, 0.1) is 5.92 Å². The van der Waals surface area contributed by atoms with Gasteiger partial charge < -0.3 is 9.69 Å². The summed E-state index contributed by atoms with van der Waals surface area (Å²) < 4.78 is 0. The number of carbonyl (C=O) groups excluding carboxylic acids is 1. The molecule has 3 heteroatoms. The zero-order valence-electron chi connectivity index (χ0n) is 7.39. The van der Waals surface area contributed by atoms with Crippen LogP contribution in [0.2, 0.25) is 0 Å². The van der Waals surface area contributed by atoms with Crippen molar-refractivity contribution in [2.45, 2.75) is 6.42 Å². The van der Waals surface area contributed by atoms with Crippen molar-refractivity contribution in [3.8, 4) is 0 Å². The minimum Gasteiger partial charge on any atom is -0.370 e. The molecule has 0 N–H and O–H groups in total. The van der Waals surface area contributed by atoms with Crippen molar-refractivity contribution in [1.29, 1.82) is 0 Å². The average molecular weight is 176 g/mol. The monoisotopic (exact) mass is 176 g/mol. The van der Waals surface area contributed by atoms with Gasteiger partial charge in [-0.2, -0.15) is 0 Å². The van der Waals surface area contributed by atoms with Crippen LogP contribution in [0.4, 0.5) is 5.69 Å². The number of hydrogen-bond donors (Lipinski definition) is 0. The van der Waals surface area contributed by atoms with E-state index in [0.29, 0.717) is 12.3 Å². The Bertz CT molecular complexity index is 280. The van der Waals surface area contributed by atoms with Gasteiger partial charge in [-0.1, -0.05) is 0 Å². The first-order chi connectivity index (χ1) is 6.40. The summed E-state index contributed by atoms with van der Waals surface area (Å²) >= 11 is 0. The molecule has 0 aliphatic carbocycles. The Morgan fingerprint density at radius 2 is 2.46 bits per heavy atom. The number of rotatable bonds is 3. The lowest BCUT2D eigenvalue weighted by molar-refractivity contribution is -0.108. The maximum atomic E-state index is 10.2. The molecule has 0 bridgehead atoms. The van der Waals surface area contributed by atoms with Gasteiger partial charge in [0.1, 0.15) is 6.29 Å². The molecular weight excluding hydrogens is 164 g/mol. The standard InChI is InChI=1S/C10H12N2O/c13-5-3-9-7-12(8-9)10-2-1-4-11-6-10/h1-2,4-6,9H,3,7-8H2. The highest BCUT2D eigenvalue weighted by molar-refractivity contribution is 5.53. The maximum absolute atomic E-state index is 10.2. The van der Waals surface area contributed by atoms with E-state index in [-0.39, 0.29) is 0 Å². The van der Waals surface area contributed by atoms with Gasteiger partial charge in [0.2, 0.25) is 0 Å². The quantitative estimate of drug-likeness (QED) is 0.647. The Labute approximate surface area is 77.4 Å². The topological polar surface area (TPSA) is 33.2 Å². The van der Waals surface area contributed by atoms with Crippen LogP contribution in [-0.2, 0) is 4.79 Å². The van der Waals surface area contributed by atoms with Gasteiger partial charge in [0, 0.05) is 31.6 Å². The molecule has 0 aromatic carbocycles. The largest absolute Gasteiger partial charge is 0.370 e. The van der Waals surface area contributed by atoms with E-state index in [0.717, 1.165) is 25.1 Å². The van der Waals surface area contributed by atoms with Gasteiger partial charge in [-0.25, -0.2) is 0 Å². The van der Waals surface area contributed by atoms with Crippen LogP contribution in [0.3, 0.4) is 0 Å². The Kier molecular flexibility index (Phi) is 2.25. The summed E-state index contributed by atoms with van der Waals surface area (Å²) in [6.07, 6.45) is 5.32. The fraction of sp³-hybridized carbons (Fsp3) is 0.400. The molecule has 13 heavy (non-hydrogen) atoms. The van der Waals surface area contributed by atoms with E-state index < -0.39 is 0 Å². The third-order valence-corrected chi connectivity index (χ3v) is 2.40. The zero-order chi connectivity index (χ0) is 9.10. The predicted molar refractivity (Wildman–Crippen MR) is 50.6 cm³/mol. The molecule has 68 valence electrons. The molecule has 1 aliphatic heterocycles. The first-order valence-electron chi connectivity index (χ1n) is 4.49. The first kappa shape index (κ1) is 8.23. The number of nitrogens with zero attached hydrogens (tertiary/aromatic N) is 2. The second-order valence-electron chi connectivity index (χ2n) is 3.38. The molecule has 1 fully saturated rings. The molecule has 1 aliphatic rings. The fourth-order valence-electron chi connectivity index (χ4n) is 1.61. The second-order valence-corrected chi connectivity index (χ2v) is 3.38. The van der Waals surface area contributed by atoms with Gasteiger partial charge in [0.15, 0.2) is 0 Å². The Morgan fingerprint density at radius 1 is 1.62 bits per heavy atom. The molecule has 0 atom stereocenters. The summed E-state index contributed by atoms with van der Waals surface area (Å²) in [7, 11) is 0. The molecule has 0 saturated carbocycles. The zero-order valence-corrected chi connectivity index (χ0v) is 7.39. The number of hydrogen-bond acceptors (Lipinski definition) is 3. The summed E-state index contributed by atoms with van der Waals surface area (Å²) in [5.41, 5.74) is 1.16. The molecule has 0 spiro atoms. The van der Waals surface area contributed by atoms with Crippen molar-refractivity contribution in [3.63, 3.8) is 0 Å². The molecule has 3 nitrogen and oxygen atoms in total. The lowest BCUT2D eigenvalue weighted by Gasteiger charge is -2.40. The molecule has 0 radical (unpaired) electrons. The maximum Gasteiger partial charge on any atom is 0.120 e. The van der Waals surface area contributed by atoms with E-state index in [1.165, 1.54) is 0 Å². The van der Waals surface area contributed by atoms with E-state index in [1.807, 2.05) is 18.3 Å². The van der Waals surface area contributed by atoms with E-state index in [4.69, 9.17) is 0 Å².